The van der Waals surface area contributed by atoms with Crippen molar-refractivity contribution in [3.8, 4) is 0 Å². The average Bonchev–Trinajstić information content (AvgIpc) is 2.25. The molecule has 0 bridgehead atoms. The third-order valence-corrected chi connectivity index (χ3v) is 4.12. The lowest BCUT2D eigenvalue weighted by molar-refractivity contribution is -0.868. The Bertz CT molecular complexity index is 396. The first-order valence-electron chi connectivity index (χ1n) is 6.68. The minimum atomic E-state index is -0.970. The van der Waals surface area contributed by atoms with E-state index in [0.29, 0.717) is 0 Å². The van der Waals surface area contributed by atoms with Crippen molar-refractivity contribution in [2.45, 2.75) is 40.0 Å². The number of carbonyl (C=O) groups excluding carboxylic acids is 2. The fraction of sp³-hybridized carbons (Fsp3) is 0.846. The number of carbonyl (C=O) groups is 2. The summed E-state index contributed by atoms with van der Waals surface area (Å²) in [5.74, 6) is -0.583. The lowest BCUT2D eigenvalue weighted by atomic mass is 9.73. The zero-order chi connectivity index (χ0) is 15.7. The van der Waals surface area contributed by atoms with Crippen LogP contribution in [0.4, 0.5) is 4.79 Å². The number of amides is 2. The molecule has 0 radical (unpaired) electrons. The Morgan fingerprint density at radius 3 is 2.50 bits per heavy atom. The van der Waals surface area contributed by atoms with Crippen LogP contribution in [0.15, 0.2) is 0 Å². The Kier molecular flexibility index (Phi) is 4.78. The summed E-state index contributed by atoms with van der Waals surface area (Å²) in [4.78, 5) is 24.0. The first-order chi connectivity index (χ1) is 9.07. The highest BCUT2D eigenvalue weighted by Gasteiger charge is 2.58. The third-order valence-electron chi connectivity index (χ3n) is 4.12. The molecule has 0 spiro atoms. The summed E-state index contributed by atoms with van der Waals surface area (Å²) in [6.45, 7) is 6.72. The Labute approximate surface area is 119 Å². The SMILES string of the molecule is CC(C)C1C(C)(C)C(O)NC(=O)[N+]1(C)CC(=O)OCO. The zero-order valence-electron chi connectivity index (χ0n) is 12.7. The zero-order valence-corrected chi connectivity index (χ0v) is 12.7. The van der Waals surface area contributed by atoms with Gasteiger partial charge >= 0.3 is 12.0 Å². The number of quaternary nitrogens is 1. The van der Waals surface area contributed by atoms with Crippen molar-refractivity contribution < 1.29 is 29.0 Å². The van der Waals surface area contributed by atoms with E-state index in [-0.39, 0.29) is 23.0 Å². The highest BCUT2D eigenvalue weighted by Crippen LogP contribution is 2.40. The van der Waals surface area contributed by atoms with Crippen LogP contribution in [0.3, 0.4) is 0 Å². The molecule has 1 fully saturated rings. The number of hydrogen-bond donors (Lipinski definition) is 3. The molecule has 116 valence electrons. The predicted molar refractivity (Wildman–Crippen MR) is 71.2 cm³/mol. The number of ether oxygens (including phenoxy) is 1. The van der Waals surface area contributed by atoms with Gasteiger partial charge in [-0.05, 0) is 13.8 Å². The summed E-state index contributed by atoms with van der Waals surface area (Å²) in [7, 11) is 1.65. The fourth-order valence-electron chi connectivity index (χ4n) is 3.55. The van der Waals surface area contributed by atoms with Crippen molar-refractivity contribution in [2.24, 2.45) is 11.3 Å². The summed E-state index contributed by atoms with van der Waals surface area (Å²) in [5.41, 5.74) is -0.601. The maximum atomic E-state index is 12.3. The van der Waals surface area contributed by atoms with Gasteiger partial charge in [0, 0.05) is 5.92 Å². The first kappa shape index (κ1) is 16.9. The molecule has 0 aromatic rings. The van der Waals surface area contributed by atoms with E-state index in [9.17, 15) is 14.7 Å². The number of likely N-dealkylation sites (N-methyl/N-ethyl adjacent to an activating group) is 1. The molecular formula is C13H25N2O5+. The Balaban J connectivity index is 3.17. The van der Waals surface area contributed by atoms with E-state index in [2.05, 4.69) is 10.1 Å². The molecule has 0 aromatic carbocycles. The number of nitrogens with one attached hydrogen (secondary N) is 1. The van der Waals surface area contributed by atoms with Crippen LogP contribution in [0.5, 0.6) is 0 Å². The highest BCUT2D eigenvalue weighted by molar-refractivity contribution is 5.75. The molecule has 0 aromatic heterocycles. The first-order valence-corrected chi connectivity index (χ1v) is 6.68. The van der Waals surface area contributed by atoms with Crippen LogP contribution in [-0.2, 0) is 9.53 Å². The topological polar surface area (TPSA) is 95.9 Å². The maximum Gasteiger partial charge on any atom is 0.419 e. The molecule has 1 aliphatic heterocycles. The summed E-state index contributed by atoms with van der Waals surface area (Å²) in [5, 5.41) is 21.3. The van der Waals surface area contributed by atoms with E-state index in [1.54, 1.807) is 7.05 Å². The van der Waals surface area contributed by atoms with Gasteiger partial charge in [0.15, 0.2) is 13.3 Å². The van der Waals surface area contributed by atoms with Crippen LogP contribution in [0.2, 0.25) is 0 Å². The second-order valence-corrected chi connectivity index (χ2v) is 6.43. The second-order valence-electron chi connectivity index (χ2n) is 6.43. The standard InChI is InChI=1S/C13H24N2O5/c1-8(2)10-13(3,4)11(18)14-12(19)15(10,5)6-9(17)20-7-16/h8,10-11,16,18H,6-7H2,1-5H3/p+1. The molecule has 0 saturated carbocycles. The molecule has 7 heteroatoms. The fourth-order valence-corrected chi connectivity index (χ4v) is 3.55. The molecule has 1 saturated heterocycles. The van der Waals surface area contributed by atoms with Gasteiger partial charge in [0.05, 0.1) is 12.5 Å². The van der Waals surface area contributed by atoms with Crippen molar-refractivity contribution in [1.82, 2.24) is 5.32 Å². The molecular weight excluding hydrogens is 264 g/mol. The number of esters is 1. The van der Waals surface area contributed by atoms with E-state index >= 15 is 0 Å². The van der Waals surface area contributed by atoms with Crippen LogP contribution in [0.25, 0.3) is 0 Å². The normalized spacial score (nSPS) is 32.9. The smallest absolute Gasteiger partial charge is 0.419 e. The quantitative estimate of drug-likeness (QED) is 0.385. The maximum absolute atomic E-state index is 12.3. The van der Waals surface area contributed by atoms with E-state index in [4.69, 9.17) is 5.11 Å². The van der Waals surface area contributed by atoms with Gasteiger partial charge in [0.2, 0.25) is 0 Å². The lowest BCUT2D eigenvalue weighted by Gasteiger charge is -2.53. The molecule has 1 heterocycles. The number of aliphatic hydroxyl groups is 2. The average molecular weight is 289 g/mol. The summed E-state index contributed by atoms with van der Waals surface area (Å²) >= 11 is 0. The van der Waals surface area contributed by atoms with Crippen molar-refractivity contribution in [3.63, 3.8) is 0 Å². The van der Waals surface area contributed by atoms with Gasteiger partial charge < -0.3 is 14.9 Å². The monoisotopic (exact) mass is 289 g/mol. The van der Waals surface area contributed by atoms with Gasteiger partial charge in [-0.25, -0.2) is 14.1 Å². The van der Waals surface area contributed by atoms with Gasteiger partial charge in [-0.2, -0.15) is 0 Å². The number of nitrogens with zero attached hydrogens (tertiary/aromatic N) is 1. The second kappa shape index (κ2) is 5.67. The third kappa shape index (κ3) is 2.79. The van der Waals surface area contributed by atoms with Crippen LogP contribution >= 0.6 is 0 Å². The Morgan fingerprint density at radius 2 is 2.05 bits per heavy atom. The number of rotatable bonds is 4. The molecule has 1 rings (SSSR count). The lowest BCUT2D eigenvalue weighted by Crippen LogP contribution is -2.76. The van der Waals surface area contributed by atoms with Gasteiger partial charge in [-0.15, -0.1) is 0 Å². The molecule has 3 N–H and O–H groups in total. The summed E-state index contributed by atoms with van der Waals surface area (Å²) in [6, 6.07) is -0.692. The minimum absolute atomic E-state index is 0.0672. The molecule has 1 aliphatic rings. The number of hydrogen-bond acceptors (Lipinski definition) is 5. The Morgan fingerprint density at radius 1 is 1.50 bits per heavy atom. The van der Waals surface area contributed by atoms with Crippen LogP contribution in [0.1, 0.15) is 27.7 Å². The van der Waals surface area contributed by atoms with Crippen molar-refractivity contribution >= 4 is 12.0 Å². The molecule has 20 heavy (non-hydrogen) atoms. The van der Waals surface area contributed by atoms with E-state index < -0.39 is 30.4 Å². The van der Waals surface area contributed by atoms with Gasteiger partial charge in [0.25, 0.3) is 0 Å². The number of urea groups is 1. The van der Waals surface area contributed by atoms with E-state index in [1.165, 1.54) is 0 Å². The molecule has 7 nitrogen and oxygen atoms in total. The van der Waals surface area contributed by atoms with Gasteiger partial charge in [-0.1, -0.05) is 13.8 Å². The Hall–Kier alpha value is -1.18. The molecule has 0 aliphatic carbocycles. The molecule has 2 amide bonds. The molecule has 3 atom stereocenters. The van der Waals surface area contributed by atoms with Gasteiger partial charge in [-0.3, -0.25) is 5.32 Å². The highest BCUT2D eigenvalue weighted by atomic mass is 16.6. The van der Waals surface area contributed by atoms with Crippen molar-refractivity contribution in [2.75, 3.05) is 20.4 Å². The van der Waals surface area contributed by atoms with Crippen molar-refractivity contribution in [3.05, 3.63) is 0 Å². The summed E-state index contributed by atoms with van der Waals surface area (Å²) in [6.07, 6.45) is -0.970. The number of aliphatic hydroxyl groups excluding tert-OH is 2. The van der Waals surface area contributed by atoms with E-state index in [1.807, 2.05) is 27.7 Å². The summed E-state index contributed by atoms with van der Waals surface area (Å²) < 4.78 is 4.33. The van der Waals surface area contributed by atoms with Gasteiger partial charge in [0.1, 0.15) is 12.3 Å². The van der Waals surface area contributed by atoms with Crippen LogP contribution < -0.4 is 5.32 Å². The molecule has 3 unspecified atom stereocenters. The minimum Gasteiger partial charge on any atom is -0.435 e. The van der Waals surface area contributed by atoms with Crippen LogP contribution in [-0.4, -0.2) is 59.4 Å². The van der Waals surface area contributed by atoms with Crippen LogP contribution in [0, 0.1) is 11.3 Å². The van der Waals surface area contributed by atoms with E-state index in [0.717, 1.165) is 0 Å². The largest absolute Gasteiger partial charge is 0.435 e. The van der Waals surface area contributed by atoms with Crippen molar-refractivity contribution in [1.29, 1.82) is 0 Å². The predicted octanol–water partition coefficient (Wildman–Crippen LogP) is 0.0184.